The standard InChI is InChI=1S/C19H23NO3/c1-13-5-7-16(8-6-13)14(2)20-19(21)15(3)23-18-11-9-17(22-4)10-12-18/h5-12,14-15H,1-4H3,(H,20,21). The van der Waals surface area contributed by atoms with Crippen molar-refractivity contribution in [1.29, 1.82) is 0 Å². The van der Waals surface area contributed by atoms with Crippen molar-refractivity contribution in [3.63, 3.8) is 0 Å². The van der Waals surface area contributed by atoms with Gasteiger partial charge in [-0.15, -0.1) is 0 Å². The van der Waals surface area contributed by atoms with Gasteiger partial charge >= 0.3 is 0 Å². The molecule has 0 saturated heterocycles. The summed E-state index contributed by atoms with van der Waals surface area (Å²) in [5.74, 6) is 1.24. The highest BCUT2D eigenvalue weighted by molar-refractivity contribution is 5.81. The van der Waals surface area contributed by atoms with Crippen molar-refractivity contribution in [2.24, 2.45) is 0 Å². The highest BCUT2D eigenvalue weighted by Gasteiger charge is 2.17. The second-order valence-electron chi connectivity index (χ2n) is 5.58. The zero-order chi connectivity index (χ0) is 16.8. The second-order valence-corrected chi connectivity index (χ2v) is 5.58. The molecular formula is C19H23NO3. The summed E-state index contributed by atoms with van der Waals surface area (Å²) < 4.78 is 10.8. The van der Waals surface area contributed by atoms with Gasteiger partial charge in [0.05, 0.1) is 13.2 Å². The van der Waals surface area contributed by atoms with Crippen LogP contribution in [-0.4, -0.2) is 19.1 Å². The number of hydrogen-bond donors (Lipinski definition) is 1. The summed E-state index contributed by atoms with van der Waals surface area (Å²) in [6, 6.07) is 15.2. The van der Waals surface area contributed by atoms with E-state index in [9.17, 15) is 4.79 Å². The Kier molecular flexibility index (Phi) is 5.63. The van der Waals surface area contributed by atoms with Crippen LogP contribution < -0.4 is 14.8 Å². The minimum Gasteiger partial charge on any atom is -0.497 e. The van der Waals surface area contributed by atoms with Crippen LogP contribution in [0.3, 0.4) is 0 Å². The molecule has 23 heavy (non-hydrogen) atoms. The fourth-order valence-corrected chi connectivity index (χ4v) is 2.18. The quantitative estimate of drug-likeness (QED) is 0.885. The average Bonchev–Trinajstić information content (AvgIpc) is 2.56. The maximum absolute atomic E-state index is 12.3. The number of ether oxygens (including phenoxy) is 2. The Morgan fingerprint density at radius 1 is 0.957 bits per heavy atom. The summed E-state index contributed by atoms with van der Waals surface area (Å²) in [4.78, 5) is 12.3. The SMILES string of the molecule is COc1ccc(OC(C)C(=O)NC(C)c2ccc(C)cc2)cc1. The predicted octanol–water partition coefficient (Wildman–Crippen LogP) is 3.65. The Labute approximate surface area is 137 Å². The minimum atomic E-state index is -0.573. The molecule has 0 aliphatic carbocycles. The van der Waals surface area contributed by atoms with Crippen LogP contribution in [-0.2, 0) is 4.79 Å². The Morgan fingerprint density at radius 2 is 1.52 bits per heavy atom. The minimum absolute atomic E-state index is 0.0648. The third-order valence-electron chi connectivity index (χ3n) is 3.68. The van der Waals surface area contributed by atoms with Gasteiger partial charge in [0.1, 0.15) is 11.5 Å². The summed E-state index contributed by atoms with van der Waals surface area (Å²) in [5.41, 5.74) is 2.27. The molecular weight excluding hydrogens is 290 g/mol. The number of aryl methyl sites for hydroxylation is 1. The van der Waals surface area contributed by atoms with Crippen molar-refractivity contribution in [2.75, 3.05) is 7.11 Å². The van der Waals surface area contributed by atoms with Crippen molar-refractivity contribution < 1.29 is 14.3 Å². The van der Waals surface area contributed by atoms with Crippen LogP contribution in [0.4, 0.5) is 0 Å². The highest BCUT2D eigenvalue weighted by atomic mass is 16.5. The summed E-state index contributed by atoms with van der Waals surface area (Å²) >= 11 is 0. The summed E-state index contributed by atoms with van der Waals surface area (Å²) in [7, 11) is 1.61. The van der Waals surface area contributed by atoms with Crippen LogP contribution in [0.15, 0.2) is 48.5 Å². The van der Waals surface area contributed by atoms with Crippen LogP contribution in [0.1, 0.15) is 31.0 Å². The number of carbonyl (C=O) groups is 1. The lowest BCUT2D eigenvalue weighted by Crippen LogP contribution is -2.37. The number of rotatable bonds is 6. The van der Waals surface area contributed by atoms with Gasteiger partial charge in [-0.05, 0) is 50.6 Å². The van der Waals surface area contributed by atoms with Gasteiger partial charge in [-0.2, -0.15) is 0 Å². The predicted molar refractivity (Wildman–Crippen MR) is 90.8 cm³/mol. The van der Waals surface area contributed by atoms with Gasteiger partial charge in [0.15, 0.2) is 6.10 Å². The van der Waals surface area contributed by atoms with Crippen molar-refractivity contribution >= 4 is 5.91 Å². The summed E-state index contributed by atoms with van der Waals surface area (Å²) in [6.45, 7) is 5.74. The van der Waals surface area contributed by atoms with E-state index in [4.69, 9.17) is 9.47 Å². The Hall–Kier alpha value is -2.49. The van der Waals surface area contributed by atoms with Crippen LogP contribution in [0.5, 0.6) is 11.5 Å². The smallest absolute Gasteiger partial charge is 0.261 e. The molecule has 0 aliphatic heterocycles. The van der Waals surface area contributed by atoms with Crippen LogP contribution in [0, 0.1) is 6.92 Å². The van der Waals surface area contributed by atoms with Crippen LogP contribution in [0.25, 0.3) is 0 Å². The van der Waals surface area contributed by atoms with E-state index in [0.29, 0.717) is 5.75 Å². The van der Waals surface area contributed by atoms with Crippen molar-refractivity contribution in [1.82, 2.24) is 5.32 Å². The van der Waals surface area contributed by atoms with Gasteiger partial charge in [0.25, 0.3) is 5.91 Å². The van der Waals surface area contributed by atoms with E-state index in [1.807, 2.05) is 38.1 Å². The Balaban J connectivity index is 1.92. The van der Waals surface area contributed by atoms with E-state index < -0.39 is 6.10 Å². The van der Waals surface area contributed by atoms with Crippen molar-refractivity contribution in [2.45, 2.75) is 32.9 Å². The van der Waals surface area contributed by atoms with E-state index >= 15 is 0 Å². The maximum atomic E-state index is 12.3. The third-order valence-corrected chi connectivity index (χ3v) is 3.68. The number of amides is 1. The van der Waals surface area contributed by atoms with Gasteiger partial charge in [-0.25, -0.2) is 0 Å². The zero-order valence-corrected chi connectivity index (χ0v) is 14.0. The monoisotopic (exact) mass is 313 g/mol. The molecule has 2 rings (SSSR count). The largest absolute Gasteiger partial charge is 0.497 e. The van der Waals surface area contributed by atoms with Crippen molar-refractivity contribution in [3.05, 3.63) is 59.7 Å². The first kappa shape index (κ1) is 16.9. The average molecular weight is 313 g/mol. The van der Waals surface area contributed by atoms with E-state index in [1.165, 1.54) is 5.56 Å². The fourth-order valence-electron chi connectivity index (χ4n) is 2.18. The molecule has 1 amide bonds. The summed E-state index contributed by atoms with van der Waals surface area (Å²) in [6.07, 6.45) is -0.573. The molecule has 4 nitrogen and oxygen atoms in total. The third kappa shape index (κ3) is 4.74. The molecule has 0 saturated carbocycles. The number of nitrogens with one attached hydrogen (secondary N) is 1. The van der Waals surface area contributed by atoms with Crippen LogP contribution >= 0.6 is 0 Å². The first-order valence-electron chi connectivity index (χ1n) is 7.67. The summed E-state index contributed by atoms with van der Waals surface area (Å²) in [5, 5.41) is 2.97. The number of benzene rings is 2. The van der Waals surface area contributed by atoms with E-state index in [-0.39, 0.29) is 11.9 Å². The molecule has 0 aromatic heterocycles. The number of methoxy groups -OCH3 is 1. The Bertz CT molecular complexity index is 635. The topological polar surface area (TPSA) is 47.6 Å². The van der Waals surface area contributed by atoms with E-state index in [0.717, 1.165) is 11.3 Å². The van der Waals surface area contributed by atoms with Crippen LogP contribution in [0.2, 0.25) is 0 Å². The molecule has 2 aromatic carbocycles. The van der Waals surface area contributed by atoms with Crippen molar-refractivity contribution in [3.8, 4) is 11.5 Å². The lowest BCUT2D eigenvalue weighted by molar-refractivity contribution is -0.127. The molecule has 2 unspecified atom stereocenters. The fraction of sp³-hybridized carbons (Fsp3) is 0.316. The van der Waals surface area contributed by atoms with Gasteiger partial charge in [0, 0.05) is 0 Å². The maximum Gasteiger partial charge on any atom is 0.261 e. The number of carbonyl (C=O) groups excluding carboxylic acids is 1. The first-order chi connectivity index (χ1) is 11.0. The van der Waals surface area contributed by atoms with Gasteiger partial charge in [-0.1, -0.05) is 29.8 Å². The molecule has 2 aromatic rings. The molecule has 0 heterocycles. The molecule has 0 aliphatic rings. The number of hydrogen-bond acceptors (Lipinski definition) is 3. The van der Waals surface area contributed by atoms with E-state index in [1.54, 1.807) is 38.3 Å². The molecule has 0 bridgehead atoms. The zero-order valence-electron chi connectivity index (χ0n) is 14.0. The van der Waals surface area contributed by atoms with Gasteiger partial charge in [-0.3, -0.25) is 4.79 Å². The molecule has 1 N–H and O–H groups in total. The van der Waals surface area contributed by atoms with Gasteiger partial charge < -0.3 is 14.8 Å². The molecule has 2 atom stereocenters. The molecule has 122 valence electrons. The van der Waals surface area contributed by atoms with Gasteiger partial charge in [0.2, 0.25) is 0 Å². The second kappa shape index (κ2) is 7.68. The highest BCUT2D eigenvalue weighted by Crippen LogP contribution is 2.19. The molecule has 0 fully saturated rings. The first-order valence-corrected chi connectivity index (χ1v) is 7.67. The molecule has 0 radical (unpaired) electrons. The molecule has 4 heteroatoms. The molecule has 0 spiro atoms. The Morgan fingerprint density at radius 3 is 2.09 bits per heavy atom. The lowest BCUT2D eigenvalue weighted by Gasteiger charge is -2.19. The van der Waals surface area contributed by atoms with E-state index in [2.05, 4.69) is 5.32 Å². The lowest BCUT2D eigenvalue weighted by atomic mass is 10.1. The normalized spacial score (nSPS) is 13.0.